The zero-order valence-electron chi connectivity index (χ0n) is 12.9. The van der Waals surface area contributed by atoms with Gasteiger partial charge in [0.1, 0.15) is 0 Å². The van der Waals surface area contributed by atoms with Gasteiger partial charge in [-0.2, -0.15) is 0 Å². The SMILES string of the molecule is CS(=O)(=O)c1cc([N+](=O)[O-])ccc1NCC(O)c1cc(Cl)cc(Cl)c1. The maximum atomic E-state index is 11.9. The molecule has 2 rings (SSSR count). The van der Waals surface area contributed by atoms with E-state index < -0.39 is 20.9 Å². The Morgan fingerprint density at radius 1 is 1.20 bits per heavy atom. The highest BCUT2D eigenvalue weighted by Crippen LogP contribution is 2.28. The normalized spacial score (nSPS) is 12.6. The zero-order valence-corrected chi connectivity index (χ0v) is 15.3. The van der Waals surface area contributed by atoms with Crippen LogP contribution in [0.1, 0.15) is 11.7 Å². The highest BCUT2D eigenvalue weighted by molar-refractivity contribution is 7.90. The van der Waals surface area contributed by atoms with Crippen molar-refractivity contribution >= 4 is 44.4 Å². The molecule has 134 valence electrons. The van der Waals surface area contributed by atoms with Crippen molar-refractivity contribution in [2.24, 2.45) is 0 Å². The second kappa shape index (κ2) is 7.57. The van der Waals surface area contributed by atoms with Gasteiger partial charge < -0.3 is 10.4 Å². The summed E-state index contributed by atoms with van der Waals surface area (Å²) in [5.41, 5.74) is 0.265. The van der Waals surface area contributed by atoms with E-state index in [4.69, 9.17) is 23.2 Å². The predicted octanol–water partition coefficient (Wildman–Crippen LogP) is 3.45. The summed E-state index contributed by atoms with van der Waals surface area (Å²) < 4.78 is 23.7. The Morgan fingerprint density at radius 2 is 1.80 bits per heavy atom. The summed E-state index contributed by atoms with van der Waals surface area (Å²) in [6, 6.07) is 8.02. The average Bonchev–Trinajstić information content (AvgIpc) is 2.50. The lowest BCUT2D eigenvalue weighted by atomic mass is 10.1. The minimum Gasteiger partial charge on any atom is -0.387 e. The number of benzene rings is 2. The highest BCUT2D eigenvalue weighted by atomic mass is 35.5. The fourth-order valence-electron chi connectivity index (χ4n) is 2.17. The molecule has 2 aromatic carbocycles. The van der Waals surface area contributed by atoms with Crippen LogP contribution in [0, 0.1) is 10.1 Å². The van der Waals surface area contributed by atoms with Crippen molar-refractivity contribution in [2.45, 2.75) is 11.0 Å². The minimum absolute atomic E-state index is 0.0446. The number of nitro benzene ring substituents is 1. The van der Waals surface area contributed by atoms with E-state index in [1.165, 1.54) is 30.3 Å². The minimum atomic E-state index is -3.71. The summed E-state index contributed by atoms with van der Waals surface area (Å²) in [6.45, 7) is -0.0446. The number of nitrogens with zero attached hydrogens (tertiary/aromatic N) is 1. The number of hydrogen-bond donors (Lipinski definition) is 2. The molecule has 7 nitrogen and oxygen atoms in total. The topological polar surface area (TPSA) is 110 Å². The lowest BCUT2D eigenvalue weighted by Crippen LogP contribution is -2.14. The number of nitrogens with one attached hydrogen (secondary N) is 1. The van der Waals surface area contributed by atoms with Crippen LogP contribution in [-0.2, 0) is 9.84 Å². The Hall–Kier alpha value is -1.87. The monoisotopic (exact) mass is 404 g/mol. The number of anilines is 1. The Labute approximate surface area is 154 Å². The van der Waals surface area contributed by atoms with Crippen molar-refractivity contribution in [1.82, 2.24) is 0 Å². The highest BCUT2D eigenvalue weighted by Gasteiger charge is 2.19. The third kappa shape index (κ3) is 5.05. The van der Waals surface area contributed by atoms with Gasteiger partial charge in [0.15, 0.2) is 9.84 Å². The molecule has 0 fully saturated rings. The van der Waals surface area contributed by atoms with Gasteiger partial charge >= 0.3 is 0 Å². The van der Waals surface area contributed by atoms with Gasteiger partial charge in [0.2, 0.25) is 0 Å². The molecule has 0 saturated carbocycles. The molecule has 10 heteroatoms. The maximum absolute atomic E-state index is 11.9. The van der Waals surface area contributed by atoms with E-state index in [0.717, 1.165) is 12.3 Å². The lowest BCUT2D eigenvalue weighted by Gasteiger charge is -2.16. The Bertz CT molecular complexity index is 898. The second-order valence-corrected chi connectivity index (χ2v) is 8.17. The molecule has 0 bridgehead atoms. The van der Waals surface area contributed by atoms with Crippen LogP contribution < -0.4 is 5.32 Å². The van der Waals surface area contributed by atoms with Crippen LogP contribution in [0.5, 0.6) is 0 Å². The third-order valence-electron chi connectivity index (χ3n) is 3.33. The maximum Gasteiger partial charge on any atom is 0.270 e. The van der Waals surface area contributed by atoms with Gasteiger partial charge in [-0.05, 0) is 29.8 Å². The van der Waals surface area contributed by atoms with E-state index in [9.17, 15) is 23.6 Å². The number of aliphatic hydroxyl groups is 1. The van der Waals surface area contributed by atoms with Crippen LogP contribution in [0.25, 0.3) is 0 Å². The molecule has 0 aliphatic carbocycles. The molecule has 2 N–H and O–H groups in total. The molecule has 25 heavy (non-hydrogen) atoms. The Kier molecular flexibility index (Phi) is 5.89. The number of halogens is 2. The summed E-state index contributed by atoms with van der Waals surface area (Å²) >= 11 is 11.8. The van der Waals surface area contributed by atoms with Crippen molar-refractivity contribution in [1.29, 1.82) is 0 Å². The summed E-state index contributed by atoms with van der Waals surface area (Å²) in [5, 5.41) is 24.6. The zero-order chi connectivity index (χ0) is 18.8. The van der Waals surface area contributed by atoms with Gasteiger partial charge in [-0.25, -0.2) is 8.42 Å². The van der Waals surface area contributed by atoms with E-state index in [1.54, 1.807) is 0 Å². The Morgan fingerprint density at radius 3 is 2.32 bits per heavy atom. The number of nitro groups is 1. The fourth-order valence-corrected chi connectivity index (χ4v) is 3.59. The summed E-state index contributed by atoms with van der Waals surface area (Å²) in [6.07, 6.45) is -0.0662. The summed E-state index contributed by atoms with van der Waals surface area (Å²) in [5.74, 6) is 0. The van der Waals surface area contributed by atoms with Gasteiger partial charge in [-0.3, -0.25) is 10.1 Å². The molecule has 0 radical (unpaired) electrons. The molecule has 0 saturated heterocycles. The molecule has 0 aliphatic heterocycles. The van der Waals surface area contributed by atoms with E-state index in [0.29, 0.717) is 15.6 Å². The van der Waals surface area contributed by atoms with E-state index in [2.05, 4.69) is 5.32 Å². The first-order valence-electron chi connectivity index (χ1n) is 6.94. The van der Waals surface area contributed by atoms with Crippen molar-refractivity contribution in [3.63, 3.8) is 0 Å². The number of rotatable bonds is 6. The molecule has 2 aromatic rings. The van der Waals surface area contributed by atoms with Crippen LogP contribution in [0.2, 0.25) is 10.0 Å². The van der Waals surface area contributed by atoms with Crippen LogP contribution in [0.4, 0.5) is 11.4 Å². The molecule has 1 unspecified atom stereocenters. The van der Waals surface area contributed by atoms with Crippen molar-refractivity contribution in [2.75, 3.05) is 18.1 Å². The summed E-state index contributed by atoms with van der Waals surface area (Å²) in [7, 11) is -3.71. The average molecular weight is 405 g/mol. The molecular weight excluding hydrogens is 391 g/mol. The Balaban J connectivity index is 2.26. The quantitative estimate of drug-likeness (QED) is 0.563. The standard InChI is InChI=1S/C15H14Cl2N2O5S/c1-25(23,24)15-7-12(19(21)22)2-3-13(15)18-8-14(20)9-4-10(16)6-11(17)5-9/h2-7,14,18,20H,8H2,1H3. The predicted molar refractivity (Wildman–Crippen MR) is 96.1 cm³/mol. The smallest absolute Gasteiger partial charge is 0.270 e. The largest absolute Gasteiger partial charge is 0.387 e. The van der Waals surface area contributed by atoms with Gasteiger partial charge in [0.05, 0.1) is 21.6 Å². The molecule has 0 amide bonds. The summed E-state index contributed by atoms with van der Waals surface area (Å²) in [4.78, 5) is 9.93. The number of aliphatic hydroxyl groups excluding tert-OH is 1. The number of sulfone groups is 1. The number of non-ortho nitro benzene ring substituents is 1. The molecule has 0 spiro atoms. The van der Waals surface area contributed by atoms with Crippen LogP contribution in [0.3, 0.4) is 0 Å². The van der Waals surface area contributed by atoms with Gasteiger partial charge in [-0.15, -0.1) is 0 Å². The van der Waals surface area contributed by atoms with E-state index >= 15 is 0 Å². The van der Waals surface area contributed by atoms with Gasteiger partial charge in [0.25, 0.3) is 5.69 Å². The molecule has 1 atom stereocenters. The number of hydrogen-bond acceptors (Lipinski definition) is 6. The molecular formula is C15H14Cl2N2O5S. The second-order valence-electron chi connectivity index (χ2n) is 5.31. The molecule has 0 aromatic heterocycles. The van der Waals surface area contributed by atoms with E-state index in [-0.39, 0.29) is 22.8 Å². The molecule has 0 aliphatic rings. The van der Waals surface area contributed by atoms with Crippen LogP contribution in [0.15, 0.2) is 41.3 Å². The van der Waals surface area contributed by atoms with Crippen molar-refractivity contribution < 1.29 is 18.4 Å². The van der Waals surface area contributed by atoms with Gasteiger partial charge in [-0.1, -0.05) is 23.2 Å². The lowest BCUT2D eigenvalue weighted by molar-refractivity contribution is -0.385. The van der Waals surface area contributed by atoms with Crippen LogP contribution in [-0.4, -0.2) is 31.2 Å². The first-order valence-corrected chi connectivity index (χ1v) is 9.59. The fraction of sp³-hybridized carbons (Fsp3) is 0.200. The molecule has 0 heterocycles. The third-order valence-corrected chi connectivity index (χ3v) is 4.90. The van der Waals surface area contributed by atoms with Gasteiger partial charge in [0, 0.05) is 35.0 Å². The van der Waals surface area contributed by atoms with Crippen molar-refractivity contribution in [3.8, 4) is 0 Å². The van der Waals surface area contributed by atoms with Crippen LogP contribution >= 0.6 is 23.2 Å². The first-order chi connectivity index (χ1) is 11.6. The van der Waals surface area contributed by atoms with E-state index in [1.807, 2.05) is 0 Å². The van der Waals surface area contributed by atoms with Crippen molar-refractivity contribution in [3.05, 3.63) is 62.1 Å². The first kappa shape index (κ1) is 19.5.